The lowest BCUT2D eigenvalue weighted by Crippen LogP contribution is -2.29. The van der Waals surface area contributed by atoms with Crippen LogP contribution in [0.25, 0.3) is 0 Å². The van der Waals surface area contributed by atoms with Crippen molar-refractivity contribution in [3.63, 3.8) is 0 Å². The number of aromatic nitrogens is 2. The van der Waals surface area contributed by atoms with Crippen LogP contribution in [-0.4, -0.2) is 14.7 Å². The molecule has 0 aliphatic carbocycles. The van der Waals surface area contributed by atoms with E-state index in [1.165, 1.54) is 28.1 Å². The van der Waals surface area contributed by atoms with Crippen LogP contribution in [0, 0.1) is 27.7 Å². The molecule has 5 nitrogen and oxygen atoms in total. The molecular formula is C27H28N4OS. The Morgan fingerprint density at radius 2 is 1.85 bits per heavy atom. The number of pyridine rings is 1. The first-order chi connectivity index (χ1) is 15.9. The number of anilines is 1. The number of hydrogen-bond acceptors (Lipinski definition) is 3. The van der Waals surface area contributed by atoms with Gasteiger partial charge >= 0.3 is 0 Å². The van der Waals surface area contributed by atoms with E-state index < -0.39 is 0 Å². The summed E-state index contributed by atoms with van der Waals surface area (Å²) in [4.78, 5) is 6.93. The Morgan fingerprint density at radius 3 is 2.55 bits per heavy atom. The van der Waals surface area contributed by atoms with Gasteiger partial charge in [-0.25, -0.2) is 0 Å². The molecule has 0 radical (unpaired) electrons. The van der Waals surface area contributed by atoms with E-state index in [0.29, 0.717) is 6.54 Å². The lowest BCUT2D eigenvalue weighted by molar-refractivity contribution is 0.488. The molecule has 2 atom stereocenters. The Balaban J connectivity index is 1.64. The molecule has 3 aromatic heterocycles. The Kier molecular flexibility index (Phi) is 5.54. The van der Waals surface area contributed by atoms with Crippen molar-refractivity contribution in [1.82, 2.24) is 14.9 Å². The summed E-state index contributed by atoms with van der Waals surface area (Å²) in [6.07, 6.45) is 3.57. The van der Waals surface area contributed by atoms with Crippen molar-refractivity contribution in [2.45, 2.75) is 46.3 Å². The fourth-order valence-electron chi connectivity index (χ4n) is 4.75. The molecule has 6 heteroatoms. The number of hydrogen-bond donors (Lipinski definition) is 1. The third kappa shape index (κ3) is 3.85. The van der Waals surface area contributed by atoms with Gasteiger partial charge in [0.1, 0.15) is 5.76 Å². The van der Waals surface area contributed by atoms with Crippen LogP contribution >= 0.6 is 12.2 Å². The topological polar surface area (TPSA) is 46.2 Å². The largest absolute Gasteiger partial charge is 0.467 e. The minimum absolute atomic E-state index is 0.0222. The lowest BCUT2D eigenvalue weighted by atomic mass is 9.96. The van der Waals surface area contributed by atoms with E-state index in [4.69, 9.17) is 16.6 Å². The van der Waals surface area contributed by atoms with Crippen LogP contribution in [0.3, 0.4) is 0 Å². The fourth-order valence-corrected chi connectivity index (χ4v) is 5.10. The second-order valence-electron chi connectivity index (χ2n) is 8.76. The Bertz CT molecular complexity index is 1290. The predicted octanol–water partition coefficient (Wildman–Crippen LogP) is 5.94. The molecule has 1 fully saturated rings. The SMILES string of the molecule is Cc1ccc(N2C(=S)N[C@@H](c3ccccn3)[C@H]2c2cc(C)n(Cc3ccco3)c2C)cc1C. The Labute approximate surface area is 200 Å². The smallest absolute Gasteiger partial charge is 0.174 e. The summed E-state index contributed by atoms with van der Waals surface area (Å²) in [5, 5.41) is 4.29. The number of thiocarbonyl (C=S) groups is 1. The monoisotopic (exact) mass is 456 g/mol. The molecule has 5 rings (SSSR count). The van der Waals surface area contributed by atoms with Crippen molar-refractivity contribution in [2.24, 2.45) is 0 Å². The number of nitrogens with zero attached hydrogens (tertiary/aromatic N) is 3. The Morgan fingerprint density at radius 1 is 1.00 bits per heavy atom. The van der Waals surface area contributed by atoms with Gasteiger partial charge < -0.3 is 19.2 Å². The number of rotatable bonds is 5. The summed E-state index contributed by atoms with van der Waals surface area (Å²) in [5.74, 6) is 0.940. The fraction of sp³-hybridized carbons (Fsp3) is 0.259. The molecule has 4 heterocycles. The van der Waals surface area contributed by atoms with Crippen molar-refractivity contribution in [3.05, 3.63) is 107 Å². The maximum atomic E-state index is 5.89. The highest BCUT2D eigenvalue weighted by atomic mass is 32.1. The van der Waals surface area contributed by atoms with Crippen molar-refractivity contribution < 1.29 is 4.42 Å². The van der Waals surface area contributed by atoms with E-state index in [1.54, 1.807) is 6.26 Å². The number of aryl methyl sites for hydroxylation is 3. The van der Waals surface area contributed by atoms with Crippen LogP contribution in [0.1, 0.15) is 51.6 Å². The first-order valence-electron chi connectivity index (χ1n) is 11.2. The van der Waals surface area contributed by atoms with Crippen LogP contribution in [-0.2, 0) is 6.54 Å². The standard InChI is InChI=1S/C27H28N4OS/c1-17-10-11-21(14-18(17)2)31-26(25(29-27(31)33)24-9-5-6-12-28-24)23-15-19(3)30(20(23)4)16-22-8-7-13-32-22/h5-15,25-26H,16H2,1-4H3,(H,29,33)/t25-,26+/m0/s1. The van der Waals surface area contributed by atoms with Crippen molar-refractivity contribution in [2.75, 3.05) is 4.90 Å². The van der Waals surface area contributed by atoms with Crippen molar-refractivity contribution in [1.29, 1.82) is 0 Å². The van der Waals surface area contributed by atoms with Crippen LogP contribution < -0.4 is 10.2 Å². The molecule has 1 N–H and O–H groups in total. The maximum absolute atomic E-state index is 5.89. The summed E-state index contributed by atoms with van der Waals surface area (Å²) in [7, 11) is 0. The summed E-state index contributed by atoms with van der Waals surface area (Å²) < 4.78 is 7.94. The Hall–Kier alpha value is -3.38. The summed E-state index contributed by atoms with van der Waals surface area (Å²) >= 11 is 5.89. The minimum atomic E-state index is -0.0575. The van der Waals surface area contributed by atoms with Gasteiger partial charge in [0.2, 0.25) is 0 Å². The zero-order valence-corrected chi connectivity index (χ0v) is 20.2. The molecule has 33 heavy (non-hydrogen) atoms. The van der Waals surface area contributed by atoms with Crippen LogP contribution in [0.4, 0.5) is 5.69 Å². The molecule has 1 saturated heterocycles. The molecule has 168 valence electrons. The van der Waals surface area contributed by atoms with E-state index in [2.05, 4.69) is 77.8 Å². The van der Waals surface area contributed by atoms with Gasteiger partial charge in [-0.1, -0.05) is 12.1 Å². The lowest BCUT2D eigenvalue weighted by Gasteiger charge is -2.28. The van der Waals surface area contributed by atoms with Gasteiger partial charge in [0.15, 0.2) is 5.11 Å². The highest BCUT2D eigenvalue weighted by molar-refractivity contribution is 7.80. The first kappa shape index (κ1) is 21.5. The molecular weight excluding hydrogens is 428 g/mol. The van der Waals surface area contributed by atoms with E-state index in [0.717, 1.165) is 22.3 Å². The van der Waals surface area contributed by atoms with Gasteiger partial charge in [-0.15, -0.1) is 0 Å². The second-order valence-corrected chi connectivity index (χ2v) is 9.14. The third-order valence-corrected chi connectivity index (χ3v) is 7.01. The van der Waals surface area contributed by atoms with E-state index >= 15 is 0 Å². The quantitative estimate of drug-likeness (QED) is 0.377. The number of furan rings is 1. The van der Waals surface area contributed by atoms with Gasteiger partial charge in [-0.05, 0) is 99.1 Å². The van der Waals surface area contributed by atoms with Gasteiger partial charge in [0.25, 0.3) is 0 Å². The highest BCUT2D eigenvalue weighted by Gasteiger charge is 2.42. The van der Waals surface area contributed by atoms with Crippen LogP contribution in [0.5, 0.6) is 0 Å². The van der Waals surface area contributed by atoms with Crippen molar-refractivity contribution >= 4 is 23.0 Å². The zero-order valence-electron chi connectivity index (χ0n) is 19.4. The maximum Gasteiger partial charge on any atom is 0.174 e. The van der Waals surface area contributed by atoms with E-state index in [1.807, 2.05) is 30.5 Å². The number of nitrogens with one attached hydrogen (secondary N) is 1. The average molecular weight is 457 g/mol. The molecule has 1 aliphatic heterocycles. The van der Waals surface area contributed by atoms with Gasteiger partial charge in [-0.2, -0.15) is 0 Å². The van der Waals surface area contributed by atoms with E-state index in [-0.39, 0.29) is 12.1 Å². The molecule has 0 bridgehead atoms. The zero-order chi connectivity index (χ0) is 23.1. The molecule has 0 spiro atoms. The molecule has 1 aliphatic rings. The molecule has 4 aromatic rings. The molecule has 0 saturated carbocycles. The normalized spacial score (nSPS) is 18.1. The molecule has 0 amide bonds. The summed E-state index contributed by atoms with van der Waals surface area (Å²) in [6, 6.07) is 18.7. The van der Waals surface area contributed by atoms with Crippen LogP contribution in [0.2, 0.25) is 0 Å². The average Bonchev–Trinajstić information content (AvgIpc) is 3.51. The van der Waals surface area contributed by atoms with Crippen molar-refractivity contribution in [3.8, 4) is 0 Å². The third-order valence-electron chi connectivity index (χ3n) is 6.69. The second kappa shape index (κ2) is 8.52. The van der Waals surface area contributed by atoms with Gasteiger partial charge in [-0.3, -0.25) is 4.98 Å². The summed E-state index contributed by atoms with van der Waals surface area (Å²) in [5.41, 5.74) is 8.22. The predicted molar refractivity (Wildman–Crippen MR) is 136 cm³/mol. The highest BCUT2D eigenvalue weighted by Crippen LogP contribution is 2.43. The minimum Gasteiger partial charge on any atom is -0.467 e. The first-order valence-corrected chi connectivity index (χ1v) is 11.6. The number of benzene rings is 1. The van der Waals surface area contributed by atoms with Gasteiger partial charge in [0.05, 0.1) is 30.6 Å². The summed E-state index contributed by atoms with van der Waals surface area (Å²) in [6.45, 7) is 9.31. The van der Waals surface area contributed by atoms with Crippen LogP contribution in [0.15, 0.2) is 71.5 Å². The molecule has 0 unspecified atom stereocenters. The molecule has 1 aromatic carbocycles. The van der Waals surface area contributed by atoms with E-state index in [9.17, 15) is 0 Å². The van der Waals surface area contributed by atoms with Gasteiger partial charge in [0, 0.05) is 23.3 Å².